The Labute approximate surface area is 186 Å². The quantitative estimate of drug-likeness (QED) is 0.204. The molecule has 1 aliphatic rings. The van der Waals surface area contributed by atoms with E-state index in [9.17, 15) is 34.2 Å². The zero-order valence-electron chi connectivity index (χ0n) is 18.6. The van der Waals surface area contributed by atoms with Gasteiger partial charge in [0.05, 0.1) is 12.1 Å². The second-order valence-electron chi connectivity index (χ2n) is 8.17. The molecule has 0 aromatic carbocycles. The number of amides is 3. The smallest absolute Gasteiger partial charge is 0.326 e. The maximum atomic E-state index is 13.1. The van der Waals surface area contributed by atoms with Crippen LogP contribution in [-0.4, -0.2) is 86.7 Å². The summed E-state index contributed by atoms with van der Waals surface area (Å²) in [5, 5.41) is 33.0. The van der Waals surface area contributed by atoms with Crippen molar-refractivity contribution in [2.24, 2.45) is 11.7 Å². The van der Waals surface area contributed by atoms with Crippen LogP contribution >= 0.6 is 0 Å². The van der Waals surface area contributed by atoms with Gasteiger partial charge in [0.25, 0.3) is 0 Å². The zero-order chi connectivity index (χ0) is 24.6. The monoisotopic (exact) mass is 458 g/mol. The summed E-state index contributed by atoms with van der Waals surface area (Å²) in [6, 6.07) is -4.63. The van der Waals surface area contributed by atoms with Crippen LogP contribution in [0.5, 0.6) is 0 Å². The van der Waals surface area contributed by atoms with Gasteiger partial charge in [0.1, 0.15) is 18.1 Å². The number of hydrogen-bond acceptors (Lipinski definition) is 7. The van der Waals surface area contributed by atoms with E-state index >= 15 is 0 Å². The molecule has 12 heteroatoms. The normalized spacial score (nSPS) is 20.5. The van der Waals surface area contributed by atoms with Crippen LogP contribution in [0.1, 0.15) is 52.9 Å². The third-order valence-electron chi connectivity index (χ3n) is 5.67. The van der Waals surface area contributed by atoms with Crippen molar-refractivity contribution in [3.8, 4) is 0 Å². The lowest BCUT2D eigenvalue weighted by Crippen LogP contribution is -2.59. The molecule has 32 heavy (non-hydrogen) atoms. The standard InChI is InChI=1S/C20H34N4O8/c1-4-10(2)15(20(31)32)22-18(29)13-6-5-9-24(13)19(30)16(11(3)25)23-17(28)12(21)7-8-14(26)27/h10-13,15-16,25H,4-9,21H2,1-3H3,(H,22,29)(H,23,28)(H,26,27)(H,31,32). The molecule has 1 rings (SSSR count). The third kappa shape index (κ3) is 7.45. The van der Waals surface area contributed by atoms with Gasteiger partial charge in [0.2, 0.25) is 17.7 Å². The number of nitrogens with zero attached hydrogens (tertiary/aromatic N) is 1. The summed E-state index contributed by atoms with van der Waals surface area (Å²) in [6.45, 7) is 4.99. The molecule has 1 aliphatic heterocycles. The first-order valence-electron chi connectivity index (χ1n) is 10.7. The van der Waals surface area contributed by atoms with Gasteiger partial charge in [-0.2, -0.15) is 0 Å². The van der Waals surface area contributed by atoms with Crippen LogP contribution in [0, 0.1) is 5.92 Å². The Morgan fingerprint density at radius 3 is 2.22 bits per heavy atom. The molecule has 1 saturated heterocycles. The Morgan fingerprint density at radius 2 is 1.72 bits per heavy atom. The fraction of sp³-hybridized carbons (Fsp3) is 0.750. The molecule has 0 aliphatic carbocycles. The van der Waals surface area contributed by atoms with Gasteiger partial charge in [-0.1, -0.05) is 20.3 Å². The molecule has 0 radical (unpaired) electrons. The zero-order valence-corrected chi connectivity index (χ0v) is 18.6. The maximum Gasteiger partial charge on any atom is 0.326 e. The van der Waals surface area contributed by atoms with Crippen molar-refractivity contribution in [1.29, 1.82) is 0 Å². The average molecular weight is 459 g/mol. The van der Waals surface area contributed by atoms with Crippen molar-refractivity contribution in [2.45, 2.75) is 83.1 Å². The average Bonchev–Trinajstić information content (AvgIpc) is 3.22. The summed E-state index contributed by atoms with van der Waals surface area (Å²) >= 11 is 0. The van der Waals surface area contributed by atoms with Crippen LogP contribution in [0.3, 0.4) is 0 Å². The number of nitrogens with one attached hydrogen (secondary N) is 2. The van der Waals surface area contributed by atoms with E-state index in [1.807, 2.05) is 0 Å². The van der Waals surface area contributed by atoms with E-state index < -0.39 is 59.9 Å². The number of aliphatic hydroxyl groups is 1. The van der Waals surface area contributed by atoms with Crippen molar-refractivity contribution < 1.29 is 39.3 Å². The van der Waals surface area contributed by atoms with Crippen LogP contribution < -0.4 is 16.4 Å². The first-order valence-corrected chi connectivity index (χ1v) is 10.7. The number of likely N-dealkylation sites (tertiary alicyclic amines) is 1. The number of rotatable bonds is 12. The molecule has 0 aromatic heterocycles. The molecule has 6 unspecified atom stereocenters. The van der Waals surface area contributed by atoms with Crippen molar-refractivity contribution in [2.75, 3.05) is 6.54 Å². The Kier molecular flexibility index (Phi) is 10.5. The van der Waals surface area contributed by atoms with Crippen LogP contribution in [0.2, 0.25) is 0 Å². The highest BCUT2D eigenvalue weighted by molar-refractivity contribution is 5.94. The van der Waals surface area contributed by atoms with Gasteiger partial charge in [-0.25, -0.2) is 4.79 Å². The molecule has 0 bridgehead atoms. The minimum Gasteiger partial charge on any atom is -0.481 e. The molecule has 0 saturated carbocycles. The van der Waals surface area contributed by atoms with E-state index in [0.717, 1.165) is 0 Å². The maximum absolute atomic E-state index is 13.1. The van der Waals surface area contributed by atoms with E-state index in [4.69, 9.17) is 10.8 Å². The molecule has 0 aromatic rings. The van der Waals surface area contributed by atoms with Crippen molar-refractivity contribution in [1.82, 2.24) is 15.5 Å². The molecule has 3 amide bonds. The molecule has 0 spiro atoms. The van der Waals surface area contributed by atoms with Gasteiger partial charge in [-0.05, 0) is 32.1 Å². The third-order valence-corrected chi connectivity index (χ3v) is 5.67. The van der Waals surface area contributed by atoms with E-state index in [1.165, 1.54) is 11.8 Å². The lowest BCUT2D eigenvalue weighted by Gasteiger charge is -2.31. The first-order chi connectivity index (χ1) is 14.9. The number of carboxylic acid groups (broad SMARTS) is 2. The molecule has 182 valence electrons. The minimum atomic E-state index is -1.39. The topological polar surface area (TPSA) is 199 Å². The summed E-state index contributed by atoms with van der Waals surface area (Å²) < 4.78 is 0. The predicted molar refractivity (Wildman–Crippen MR) is 112 cm³/mol. The second kappa shape index (κ2) is 12.3. The Hall–Kier alpha value is -2.73. The largest absolute Gasteiger partial charge is 0.481 e. The predicted octanol–water partition coefficient (Wildman–Crippen LogP) is -1.35. The van der Waals surface area contributed by atoms with Gasteiger partial charge >= 0.3 is 11.9 Å². The number of nitrogens with two attached hydrogens (primary N) is 1. The van der Waals surface area contributed by atoms with Crippen LogP contribution in [-0.2, 0) is 24.0 Å². The van der Waals surface area contributed by atoms with Crippen LogP contribution in [0.4, 0.5) is 0 Å². The minimum absolute atomic E-state index is 0.150. The van der Waals surface area contributed by atoms with Crippen molar-refractivity contribution in [3.63, 3.8) is 0 Å². The summed E-state index contributed by atoms with van der Waals surface area (Å²) in [6.07, 6.45) is -0.468. The SMILES string of the molecule is CCC(C)C(NC(=O)C1CCCN1C(=O)C(NC(=O)C(N)CCC(=O)O)C(C)O)C(=O)O. The molecular formula is C20H34N4O8. The Morgan fingerprint density at radius 1 is 1.09 bits per heavy atom. The lowest BCUT2D eigenvalue weighted by molar-refractivity contribution is -0.147. The fourth-order valence-electron chi connectivity index (χ4n) is 3.47. The number of hydrogen-bond donors (Lipinski definition) is 6. The lowest BCUT2D eigenvalue weighted by atomic mass is 9.98. The van der Waals surface area contributed by atoms with E-state index in [0.29, 0.717) is 19.3 Å². The summed E-state index contributed by atoms with van der Waals surface area (Å²) in [4.78, 5) is 61.5. The summed E-state index contributed by atoms with van der Waals surface area (Å²) in [5.41, 5.74) is 5.67. The number of aliphatic hydroxyl groups excluding tert-OH is 1. The highest BCUT2D eigenvalue weighted by Crippen LogP contribution is 2.20. The molecule has 1 heterocycles. The molecule has 1 fully saturated rings. The first kappa shape index (κ1) is 27.3. The Bertz CT molecular complexity index is 714. The van der Waals surface area contributed by atoms with Gasteiger partial charge in [0.15, 0.2) is 0 Å². The van der Waals surface area contributed by atoms with E-state index in [1.54, 1.807) is 13.8 Å². The van der Waals surface area contributed by atoms with Gasteiger partial charge in [-0.3, -0.25) is 19.2 Å². The van der Waals surface area contributed by atoms with Crippen molar-refractivity contribution in [3.05, 3.63) is 0 Å². The molecule has 6 atom stereocenters. The van der Waals surface area contributed by atoms with Crippen LogP contribution in [0.25, 0.3) is 0 Å². The van der Waals surface area contributed by atoms with Crippen molar-refractivity contribution >= 4 is 29.7 Å². The highest BCUT2D eigenvalue weighted by Gasteiger charge is 2.40. The molecular weight excluding hydrogens is 424 g/mol. The van der Waals surface area contributed by atoms with Gasteiger partial charge < -0.3 is 36.6 Å². The van der Waals surface area contributed by atoms with E-state index in [-0.39, 0.29) is 25.3 Å². The summed E-state index contributed by atoms with van der Waals surface area (Å²) in [7, 11) is 0. The summed E-state index contributed by atoms with van der Waals surface area (Å²) in [5.74, 6) is -4.73. The van der Waals surface area contributed by atoms with Crippen LogP contribution in [0.15, 0.2) is 0 Å². The number of carbonyl (C=O) groups excluding carboxylic acids is 3. The molecule has 12 nitrogen and oxygen atoms in total. The fourth-order valence-corrected chi connectivity index (χ4v) is 3.47. The van der Waals surface area contributed by atoms with Gasteiger partial charge in [-0.15, -0.1) is 0 Å². The van der Waals surface area contributed by atoms with E-state index in [2.05, 4.69) is 10.6 Å². The number of carboxylic acids is 2. The number of aliphatic carboxylic acids is 2. The Balaban J connectivity index is 2.91. The molecule has 7 N–H and O–H groups in total. The second-order valence-corrected chi connectivity index (χ2v) is 8.17. The highest BCUT2D eigenvalue weighted by atomic mass is 16.4. The number of carbonyl (C=O) groups is 5. The van der Waals surface area contributed by atoms with Gasteiger partial charge in [0, 0.05) is 13.0 Å².